The highest BCUT2D eigenvalue weighted by Gasteiger charge is 2.28. The molecule has 0 unspecified atom stereocenters. The molecule has 1 aromatic heterocycles. The number of halogens is 5. The number of aromatic nitrogens is 1. The highest BCUT2D eigenvalue weighted by atomic mass is 35.5. The number of carbonyl (C=O) groups excluding carboxylic acids is 1. The Balaban J connectivity index is 0.000000262. The maximum atomic E-state index is 13.0. The van der Waals surface area contributed by atoms with Gasteiger partial charge < -0.3 is 20.2 Å². The van der Waals surface area contributed by atoms with Crippen molar-refractivity contribution in [2.45, 2.75) is 68.2 Å². The highest BCUT2D eigenvalue weighted by molar-refractivity contribution is 7.97. The number of carbonyl (C=O) groups is 1. The van der Waals surface area contributed by atoms with Crippen molar-refractivity contribution in [3.05, 3.63) is 47.1 Å². The van der Waals surface area contributed by atoms with Gasteiger partial charge in [-0.2, -0.15) is 0 Å². The zero-order chi connectivity index (χ0) is 30.1. The molecule has 1 saturated carbocycles. The van der Waals surface area contributed by atoms with Crippen LogP contribution in [0, 0.1) is 0 Å². The summed E-state index contributed by atoms with van der Waals surface area (Å²) in [6.07, 6.45) is 4.42. The quantitative estimate of drug-likeness (QED) is 0.195. The first kappa shape index (κ1) is 32.8. The van der Waals surface area contributed by atoms with E-state index in [1.807, 2.05) is 34.1 Å². The van der Waals surface area contributed by atoms with Gasteiger partial charge in [0, 0.05) is 61.3 Å². The highest BCUT2D eigenvalue weighted by Crippen LogP contribution is 2.30. The van der Waals surface area contributed by atoms with Gasteiger partial charge in [0.05, 0.1) is 6.54 Å². The monoisotopic (exact) mass is 631 g/mol. The molecule has 13 heteroatoms. The number of nitrogens with zero attached hydrogens (tertiary/aromatic N) is 4. The smallest absolute Gasteiger partial charge is 0.282 e. The van der Waals surface area contributed by atoms with E-state index in [1.54, 1.807) is 11.9 Å². The normalized spacial score (nSPS) is 18.9. The van der Waals surface area contributed by atoms with E-state index in [0.29, 0.717) is 25.3 Å². The van der Waals surface area contributed by atoms with Gasteiger partial charge >= 0.3 is 0 Å². The lowest BCUT2D eigenvalue weighted by molar-refractivity contribution is -0.117. The van der Waals surface area contributed by atoms with Crippen molar-refractivity contribution in [1.82, 2.24) is 14.6 Å². The van der Waals surface area contributed by atoms with Crippen molar-refractivity contribution < 1.29 is 27.5 Å². The topological polar surface area (TPSA) is 71.9 Å². The largest absolute Gasteiger partial charge is 0.390 e. The molecule has 2 N–H and O–H groups in total. The summed E-state index contributed by atoms with van der Waals surface area (Å²) >= 11 is 7.57. The number of anilines is 2. The van der Waals surface area contributed by atoms with Gasteiger partial charge in [0.25, 0.3) is 12.3 Å². The van der Waals surface area contributed by atoms with Crippen LogP contribution in [0.15, 0.2) is 41.3 Å². The van der Waals surface area contributed by atoms with E-state index in [9.17, 15) is 22.4 Å². The molecule has 0 spiro atoms. The Morgan fingerprint density at radius 1 is 1.02 bits per heavy atom. The number of aliphatic hydroxyl groups excluding tert-OH is 1. The minimum Gasteiger partial charge on any atom is -0.390 e. The van der Waals surface area contributed by atoms with Crippen molar-refractivity contribution in [3.8, 4) is 0 Å². The Kier molecular flexibility index (Phi) is 12.1. The zero-order valence-electron chi connectivity index (χ0n) is 23.5. The Morgan fingerprint density at radius 3 is 2.31 bits per heavy atom. The summed E-state index contributed by atoms with van der Waals surface area (Å²) in [5.41, 5.74) is 0.844. The van der Waals surface area contributed by atoms with Crippen molar-refractivity contribution in [2.75, 3.05) is 55.7 Å². The Bertz CT molecular complexity index is 1150. The minimum atomic E-state index is -2.96. The predicted octanol–water partition coefficient (Wildman–Crippen LogP) is 6.17. The number of aliphatic hydroxyl groups is 1. The molecule has 3 aliphatic rings. The van der Waals surface area contributed by atoms with Gasteiger partial charge in [0.15, 0.2) is 0 Å². The number of alkyl halides is 4. The van der Waals surface area contributed by atoms with E-state index >= 15 is 0 Å². The number of hydrogen-bond donors (Lipinski definition) is 2. The van der Waals surface area contributed by atoms with Crippen LogP contribution in [-0.2, 0) is 4.79 Å². The lowest BCUT2D eigenvalue weighted by atomic mass is 9.95. The zero-order valence-corrected chi connectivity index (χ0v) is 25.0. The Labute approximate surface area is 253 Å². The maximum Gasteiger partial charge on any atom is 0.282 e. The van der Waals surface area contributed by atoms with E-state index in [1.165, 1.54) is 18.6 Å². The molecule has 232 valence electrons. The fraction of sp³-hybridized carbons (Fsp3) is 0.586. The molecule has 5 rings (SSSR count). The molecule has 42 heavy (non-hydrogen) atoms. The Morgan fingerprint density at radius 2 is 1.71 bits per heavy atom. The van der Waals surface area contributed by atoms with Crippen molar-refractivity contribution in [1.29, 1.82) is 0 Å². The molecular weight excluding hydrogens is 594 g/mol. The van der Waals surface area contributed by atoms with Crippen LogP contribution < -0.4 is 15.1 Å². The average Bonchev–Trinajstić information content (AvgIpc) is 3.43. The maximum absolute atomic E-state index is 13.0. The molecule has 1 amide bonds. The van der Waals surface area contributed by atoms with E-state index in [0.717, 1.165) is 62.3 Å². The number of pyridine rings is 1. The number of nitrogens with one attached hydrogen (secondary N) is 1. The van der Waals surface area contributed by atoms with Crippen LogP contribution >= 0.6 is 23.5 Å². The fourth-order valence-electron chi connectivity index (χ4n) is 5.21. The lowest BCUT2D eigenvalue weighted by Crippen LogP contribution is -2.43. The summed E-state index contributed by atoms with van der Waals surface area (Å²) in [5, 5.41) is 11.2. The third-order valence-corrected chi connectivity index (χ3v) is 8.86. The van der Waals surface area contributed by atoms with Crippen molar-refractivity contribution >= 4 is 41.0 Å². The molecular formula is C29H38ClF4N5O2S. The molecule has 3 heterocycles. The van der Waals surface area contributed by atoms with Crippen molar-refractivity contribution in [3.63, 3.8) is 0 Å². The molecule has 2 aromatic rings. The minimum absolute atomic E-state index is 0.0891. The molecule has 0 atom stereocenters. The Hall–Kier alpha value is -2.12. The van der Waals surface area contributed by atoms with Crippen LogP contribution in [0.3, 0.4) is 0 Å². The average molecular weight is 632 g/mol. The van der Waals surface area contributed by atoms with Gasteiger partial charge in [-0.05, 0) is 67.6 Å². The summed E-state index contributed by atoms with van der Waals surface area (Å²) in [6.45, 7) is 2.25. The van der Waals surface area contributed by atoms with Crippen LogP contribution in [0.25, 0.3) is 0 Å². The van der Waals surface area contributed by atoms with Crippen LogP contribution in [0.5, 0.6) is 0 Å². The second-order valence-corrected chi connectivity index (χ2v) is 12.3. The van der Waals surface area contributed by atoms with Crippen molar-refractivity contribution in [2.24, 2.45) is 0 Å². The summed E-state index contributed by atoms with van der Waals surface area (Å²) in [7, 11) is 0. The predicted molar refractivity (Wildman–Crippen MR) is 159 cm³/mol. The molecule has 0 bridgehead atoms. The van der Waals surface area contributed by atoms with E-state index < -0.39 is 25.5 Å². The summed E-state index contributed by atoms with van der Waals surface area (Å²) < 4.78 is 53.4. The van der Waals surface area contributed by atoms with E-state index in [-0.39, 0.29) is 22.7 Å². The first-order valence-corrected chi connectivity index (χ1v) is 15.5. The van der Waals surface area contributed by atoms with E-state index in [2.05, 4.69) is 14.6 Å². The lowest BCUT2D eigenvalue weighted by Gasteiger charge is -2.34. The van der Waals surface area contributed by atoms with Gasteiger partial charge in [0.1, 0.15) is 17.6 Å². The number of amides is 1. The van der Waals surface area contributed by atoms with Gasteiger partial charge in [-0.25, -0.2) is 26.9 Å². The molecule has 2 saturated heterocycles. The van der Waals surface area contributed by atoms with Crippen LogP contribution in [0.2, 0.25) is 5.15 Å². The number of hydrogen-bond acceptors (Lipinski definition) is 7. The fourth-order valence-corrected chi connectivity index (χ4v) is 6.33. The molecule has 0 radical (unpaired) electrons. The second-order valence-electron chi connectivity index (χ2n) is 10.8. The molecule has 2 aliphatic heterocycles. The molecule has 1 aliphatic carbocycles. The molecule has 7 nitrogen and oxygen atoms in total. The molecule has 1 aromatic carbocycles. The number of rotatable bonds is 9. The number of benzene rings is 1. The SMILES string of the molecule is O=C1CCCN1c1ccc(SN2CCN(c3cc(C(F)F)cc(Cl)n3)CC2)cc1.OCC(F)(F)CNC1CCCCC1. The van der Waals surface area contributed by atoms with Crippen LogP contribution in [-0.4, -0.2) is 78.1 Å². The van der Waals surface area contributed by atoms with Gasteiger partial charge in [-0.15, -0.1) is 0 Å². The van der Waals surface area contributed by atoms with Gasteiger partial charge in [0.2, 0.25) is 5.91 Å². The number of piperazine rings is 1. The summed E-state index contributed by atoms with van der Waals surface area (Å²) in [5.74, 6) is -2.28. The first-order valence-electron chi connectivity index (χ1n) is 14.4. The summed E-state index contributed by atoms with van der Waals surface area (Å²) in [4.78, 5) is 21.0. The third-order valence-electron chi connectivity index (χ3n) is 7.56. The standard InChI is InChI=1S/C20H21ClF2N4OS.C9H17F2NO/c21-17-12-14(20(22)23)13-18(24-17)25-8-10-26(11-9-25)29-16-5-3-15(4-6-16)27-7-1-2-19(27)28;10-9(11,7-13)6-12-8-4-2-1-3-5-8/h3-6,12-13,20H,1-2,7-11H2;8,12-13H,1-7H2. The van der Waals surface area contributed by atoms with Crippen LogP contribution in [0.1, 0.15) is 56.9 Å². The third kappa shape index (κ3) is 9.70. The van der Waals surface area contributed by atoms with Crippen LogP contribution in [0.4, 0.5) is 29.1 Å². The second kappa shape index (κ2) is 15.6. The van der Waals surface area contributed by atoms with E-state index in [4.69, 9.17) is 16.7 Å². The van der Waals surface area contributed by atoms with Gasteiger partial charge in [-0.1, -0.05) is 30.9 Å². The summed E-state index contributed by atoms with van der Waals surface area (Å²) in [6, 6.07) is 10.9. The molecule has 3 fully saturated rings. The first-order chi connectivity index (χ1) is 20.1. The van der Waals surface area contributed by atoms with Gasteiger partial charge in [-0.3, -0.25) is 4.79 Å².